The third kappa shape index (κ3) is 4.62. The molecule has 3 aromatic heterocycles. The second-order valence-electron chi connectivity index (χ2n) is 8.10. The summed E-state index contributed by atoms with van der Waals surface area (Å²) < 4.78 is 1.95. The molecule has 0 bridgehead atoms. The van der Waals surface area contributed by atoms with Crippen LogP contribution in [0, 0.1) is 6.92 Å². The number of nitrogens with one attached hydrogen (secondary N) is 1. The molecule has 1 N–H and O–H groups in total. The first-order chi connectivity index (χ1) is 15.7. The monoisotopic (exact) mass is 443 g/mol. The molecule has 1 fully saturated rings. The van der Waals surface area contributed by atoms with E-state index in [0.29, 0.717) is 25.4 Å². The number of aromatic nitrogens is 4. The molecule has 7 heteroatoms. The zero-order chi connectivity index (χ0) is 21.9. The molecule has 0 atom stereocenters. The minimum atomic E-state index is 0.00904. The zero-order valence-corrected chi connectivity index (χ0v) is 18.8. The number of carbonyl (C=O) groups is 1. The van der Waals surface area contributed by atoms with Gasteiger partial charge in [0.15, 0.2) is 0 Å². The maximum absolute atomic E-state index is 12.6. The lowest BCUT2D eigenvalue weighted by atomic mass is 10.1. The number of amides is 1. The van der Waals surface area contributed by atoms with Gasteiger partial charge in [0.25, 0.3) is 0 Å². The van der Waals surface area contributed by atoms with Crippen LogP contribution < -0.4 is 5.32 Å². The highest BCUT2D eigenvalue weighted by Gasteiger charge is 2.29. The van der Waals surface area contributed by atoms with Crippen LogP contribution in [-0.4, -0.2) is 32.2 Å². The van der Waals surface area contributed by atoms with Gasteiger partial charge in [-0.3, -0.25) is 14.5 Å². The number of rotatable bonds is 8. The van der Waals surface area contributed by atoms with Crippen molar-refractivity contribution >= 4 is 17.2 Å². The van der Waals surface area contributed by atoms with Crippen LogP contribution in [-0.2, 0) is 17.8 Å². The van der Waals surface area contributed by atoms with E-state index in [-0.39, 0.29) is 5.91 Å². The Morgan fingerprint density at radius 2 is 1.91 bits per heavy atom. The zero-order valence-electron chi connectivity index (χ0n) is 18.0. The average Bonchev–Trinajstić information content (AvgIpc) is 3.47. The van der Waals surface area contributed by atoms with Crippen molar-refractivity contribution in [1.29, 1.82) is 0 Å². The van der Waals surface area contributed by atoms with E-state index in [2.05, 4.69) is 21.5 Å². The summed E-state index contributed by atoms with van der Waals surface area (Å²) in [7, 11) is 0. The molecule has 1 amide bonds. The topological polar surface area (TPSA) is 72.7 Å². The van der Waals surface area contributed by atoms with Crippen LogP contribution in [0.5, 0.6) is 0 Å². The summed E-state index contributed by atoms with van der Waals surface area (Å²) >= 11 is 1.59. The smallest absolute Gasteiger partial charge is 0.225 e. The molecule has 3 heterocycles. The van der Waals surface area contributed by atoms with Gasteiger partial charge in [-0.25, -0.2) is 4.98 Å². The van der Waals surface area contributed by atoms with Gasteiger partial charge in [0.1, 0.15) is 0 Å². The van der Waals surface area contributed by atoms with Gasteiger partial charge in [-0.2, -0.15) is 5.10 Å². The fraction of sp³-hybridized carbons (Fsp3) is 0.280. The van der Waals surface area contributed by atoms with Crippen molar-refractivity contribution in [3.8, 4) is 22.4 Å². The quantitative estimate of drug-likeness (QED) is 0.432. The van der Waals surface area contributed by atoms with Crippen LogP contribution in [0.1, 0.15) is 34.3 Å². The second-order valence-corrected chi connectivity index (χ2v) is 9.39. The minimum absolute atomic E-state index is 0.00904. The van der Waals surface area contributed by atoms with Crippen LogP contribution in [0.25, 0.3) is 22.4 Å². The van der Waals surface area contributed by atoms with Crippen molar-refractivity contribution in [1.82, 2.24) is 25.1 Å². The fourth-order valence-electron chi connectivity index (χ4n) is 3.89. The van der Waals surface area contributed by atoms with Crippen LogP contribution in [0.3, 0.4) is 0 Å². The Balaban J connectivity index is 1.22. The molecule has 6 nitrogen and oxygen atoms in total. The van der Waals surface area contributed by atoms with E-state index in [0.717, 1.165) is 32.4 Å². The molecule has 0 saturated heterocycles. The van der Waals surface area contributed by atoms with E-state index in [1.807, 2.05) is 66.5 Å². The van der Waals surface area contributed by atoms with Gasteiger partial charge in [0.2, 0.25) is 5.91 Å². The molecule has 0 aliphatic heterocycles. The SMILES string of the molecule is Cc1nc(-c2ccccc2)c(CC(=O)NCCn2cc(-c3ccncc3)c(C3CC3)n2)s1. The number of aryl methyl sites for hydroxylation is 1. The number of hydrogen-bond donors (Lipinski definition) is 1. The van der Waals surface area contributed by atoms with E-state index >= 15 is 0 Å². The Hall–Kier alpha value is -3.32. The van der Waals surface area contributed by atoms with Gasteiger partial charge in [0.05, 0.1) is 29.4 Å². The number of pyridine rings is 1. The molecule has 162 valence electrons. The summed E-state index contributed by atoms with van der Waals surface area (Å²) in [6.45, 7) is 3.16. The Labute approximate surface area is 191 Å². The van der Waals surface area contributed by atoms with Crippen LogP contribution in [0.4, 0.5) is 0 Å². The predicted octanol–water partition coefficient (Wildman–Crippen LogP) is 4.61. The Morgan fingerprint density at radius 3 is 2.66 bits per heavy atom. The van der Waals surface area contributed by atoms with Crippen LogP contribution >= 0.6 is 11.3 Å². The van der Waals surface area contributed by atoms with Crippen molar-refractivity contribution in [3.63, 3.8) is 0 Å². The maximum atomic E-state index is 12.6. The molecule has 4 aromatic rings. The lowest BCUT2D eigenvalue weighted by molar-refractivity contribution is -0.120. The van der Waals surface area contributed by atoms with Gasteiger partial charge in [-0.1, -0.05) is 30.3 Å². The third-order valence-electron chi connectivity index (χ3n) is 5.58. The number of thiazole rings is 1. The number of nitrogens with zero attached hydrogens (tertiary/aromatic N) is 4. The highest BCUT2D eigenvalue weighted by atomic mass is 32.1. The van der Waals surface area contributed by atoms with Crippen molar-refractivity contribution < 1.29 is 4.79 Å². The van der Waals surface area contributed by atoms with Crippen molar-refractivity contribution in [2.24, 2.45) is 0 Å². The molecule has 0 radical (unpaired) electrons. The third-order valence-corrected chi connectivity index (χ3v) is 6.55. The van der Waals surface area contributed by atoms with Gasteiger partial charge < -0.3 is 5.32 Å². The van der Waals surface area contributed by atoms with E-state index in [4.69, 9.17) is 5.10 Å². The number of carbonyl (C=O) groups excluding carboxylic acids is 1. The summed E-state index contributed by atoms with van der Waals surface area (Å²) in [5.74, 6) is 0.565. The van der Waals surface area contributed by atoms with Crippen LogP contribution in [0.2, 0.25) is 0 Å². The van der Waals surface area contributed by atoms with Gasteiger partial charge in [-0.15, -0.1) is 11.3 Å². The summed E-state index contributed by atoms with van der Waals surface area (Å²) in [5.41, 5.74) is 5.44. The Morgan fingerprint density at radius 1 is 1.12 bits per heavy atom. The summed E-state index contributed by atoms with van der Waals surface area (Å²) in [6.07, 6.45) is 8.45. The molecule has 1 saturated carbocycles. The minimum Gasteiger partial charge on any atom is -0.354 e. The summed E-state index contributed by atoms with van der Waals surface area (Å²) in [4.78, 5) is 22.4. The van der Waals surface area contributed by atoms with Gasteiger partial charge in [-0.05, 0) is 37.5 Å². The van der Waals surface area contributed by atoms with Gasteiger partial charge in [0, 0.05) is 47.1 Å². The molecule has 0 unspecified atom stereocenters. The van der Waals surface area contributed by atoms with Crippen molar-refractivity contribution in [2.75, 3.05) is 6.54 Å². The van der Waals surface area contributed by atoms with E-state index in [9.17, 15) is 4.79 Å². The highest BCUT2D eigenvalue weighted by molar-refractivity contribution is 7.12. The Bertz CT molecular complexity index is 1210. The summed E-state index contributed by atoms with van der Waals surface area (Å²) in [6, 6.07) is 14.1. The summed E-state index contributed by atoms with van der Waals surface area (Å²) in [5, 5.41) is 8.85. The molecule has 1 aliphatic carbocycles. The predicted molar refractivity (Wildman–Crippen MR) is 126 cm³/mol. The van der Waals surface area contributed by atoms with E-state index in [1.54, 1.807) is 11.3 Å². The normalized spacial score (nSPS) is 13.3. The second kappa shape index (κ2) is 9.04. The first kappa shape index (κ1) is 20.6. The molecule has 32 heavy (non-hydrogen) atoms. The largest absolute Gasteiger partial charge is 0.354 e. The highest BCUT2D eigenvalue weighted by Crippen LogP contribution is 2.43. The first-order valence-electron chi connectivity index (χ1n) is 10.9. The average molecular weight is 444 g/mol. The molecule has 1 aromatic carbocycles. The van der Waals surface area contributed by atoms with Crippen LogP contribution in [0.15, 0.2) is 61.1 Å². The van der Waals surface area contributed by atoms with Gasteiger partial charge >= 0.3 is 0 Å². The fourth-order valence-corrected chi connectivity index (χ4v) is 4.85. The maximum Gasteiger partial charge on any atom is 0.225 e. The number of benzene rings is 1. The molecular weight excluding hydrogens is 418 g/mol. The van der Waals surface area contributed by atoms with Crippen molar-refractivity contribution in [3.05, 3.63) is 76.6 Å². The number of hydrogen-bond acceptors (Lipinski definition) is 5. The van der Waals surface area contributed by atoms with E-state index in [1.165, 1.54) is 18.4 Å². The molecular formula is C25H25N5OS. The lowest BCUT2D eigenvalue weighted by Crippen LogP contribution is -2.28. The first-order valence-corrected chi connectivity index (χ1v) is 11.7. The standard InChI is InChI=1S/C25H25N5OS/c1-17-28-25(19-5-3-2-4-6-19)22(32-17)15-23(31)27-13-14-30-16-21(18-9-11-26-12-10-18)24(29-30)20-7-8-20/h2-6,9-12,16,20H,7-8,13-15H2,1H3,(H,27,31). The molecule has 5 rings (SSSR count). The lowest BCUT2D eigenvalue weighted by Gasteiger charge is -2.06. The van der Waals surface area contributed by atoms with E-state index < -0.39 is 0 Å². The Kier molecular flexibility index (Phi) is 5.81. The molecule has 1 aliphatic rings. The van der Waals surface area contributed by atoms with Crippen molar-refractivity contribution in [2.45, 2.75) is 38.6 Å². The molecule has 0 spiro atoms.